The zero-order valence-electron chi connectivity index (χ0n) is 17.3. The lowest BCUT2D eigenvalue weighted by atomic mass is 10.2. The van der Waals surface area contributed by atoms with Gasteiger partial charge in [-0.3, -0.25) is 0 Å². The molecule has 0 aliphatic carbocycles. The predicted octanol–water partition coefficient (Wildman–Crippen LogP) is 3.90. The largest absolute Gasteiger partial charge is 0.317 e. The van der Waals surface area contributed by atoms with E-state index in [1.54, 1.807) is 0 Å². The van der Waals surface area contributed by atoms with Gasteiger partial charge < -0.3 is 21.3 Å². The number of halogens is 4. The van der Waals surface area contributed by atoms with Gasteiger partial charge in [-0.25, -0.2) is 0 Å². The van der Waals surface area contributed by atoms with E-state index in [1.807, 2.05) is 0 Å². The number of nitrogens with one attached hydrogen (secondary N) is 4. The van der Waals surface area contributed by atoms with Crippen molar-refractivity contribution >= 4 is 49.6 Å². The normalized spacial score (nSPS) is 9.92. The van der Waals surface area contributed by atoms with Crippen LogP contribution in [0.15, 0.2) is 0 Å². The van der Waals surface area contributed by atoms with Crippen LogP contribution in [-0.2, 0) is 0 Å². The molecule has 0 atom stereocenters. The Kier molecular flexibility index (Phi) is 44.6. The highest BCUT2D eigenvalue weighted by Crippen LogP contribution is 1.89. The second-order valence-corrected chi connectivity index (χ2v) is 7.11. The smallest absolute Gasteiger partial charge is 0.00258 e. The Morgan fingerprint density at radius 1 is 0.423 bits per heavy atom. The molecule has 0 spiro atoms. The van der Waals surface area contributed by atoms with Crippen molar-refractivity contribution in [3.8, 4) is 0 Å². The molecule has 166 valence electrons. The zero-order valence-corrected chi connectivity index (χ0v) is 20.5. The molecule has 0 heterocycles. The van der Waals surface area contributed by atoms with Crippen molar-refractivity contribution in [1.29, 1.82) is 0 Å². The minimum Gasteiger partial charge on any atom is -0.317 e. The Morgan fingerprint density at radius 2 is 0.692 bits per heavy atom. The lowest BCUT2D eigenvalue weighted by molar-refractivity contribution is 0.515. The molecule has 0 saturated heterocycles. The number of rotatable bonds is 17. The molecular weight excluding hydrogens is 414 g/mol. The number of hydrogen-bond acceptors (Lipinski definition) is 4. The summed E-state index contributed by atoms with van der Waals surface area (Å²) in [5.41, 5.74) is 0. The molecule has 0 bridgehead atoms. The van der Waals surface area contributed by atoms with E-state index in [9.17, 15) is 0 Å². The molecule has 0 aromatic rings. The van der Waals surface area contributed by atoms with Gasteiger partial charge in [0.1, 0.15) is 0 Å². The van der Waals surface area contributed by atoms with Gasteiger partial charge in [0.25, 0.3) is 0 Å². The summed E-state index contributed by atoms with van der Waals surface area (Å²) >= 11 is 0. The maximum atomic E-state index is 3.53. The maximum Gasteiger partial charge on any atom is -0.00258 e. The third kappa shape index (κ3) is 36.0. The van der Waals surface area contributed by atoms with Gasteiger partial charge in [-0.2, -0.15) is 0 Å². The molecule has 0 amide bonds. The molecule has 0 radical (unpaired) electrons. The molecule has 0 aliphatic heterocycles. The first-order chi connectivity index (χ1) is 10.6. The van der Waals surface area contributed by atoms with Crippen LogP contribution < -0.4 is 21.3 Å². The van der Waals surface area contributed by atoms with Gasteiger partial charge in [0.15, 0.2) is 0 Å². The molecule has 0 aromatic carbocycles. The highest BCUT2D eigenvalue weighted by atomic mass is 35.5. The van der Waals surface area contributed by atoms with Crippen molar-refractivity contribution in [2.45, 2.75) is 53.4 Å². The fraction of sp³-hybridized carbons (Fsp3) is 1.00. The summed E-state index contributed by atoms with van der Waals surface area (Å²) in [6.45, 7) is 18.1. The van der Waals surface area contributed by atoms with E-state index >= 15 is 0 Å². The molecule has 0 unspecified atom stereocenters. The van der Waals surface area contributed by atoms with E-state index in [0.717, 1.165) is 64.2 Å². The fourth-order valence-electron chi connectivity index (χ4n) is 2.21. The number of hydrogen-bond donors (Lipinski definition) is 4. The maximum absolute atomic E-state index is 3.53. The topological polar surface area (TPSA) is 48.1 Å². The number of unbranched alkanes of at least 4 members (excludes halogenated alkanes) is 1. The van der Waals surface area contributed by atoms with Gasteiger partial charge in [0.05, 0.1) is 0 Å². The van der Waals surface area contributed by atoms with Crippen LogP contribution in [0.1, 0.15) is 53.4 Å². The third-order valence-corrected chi connectivity index (χ3v) is 3.48. The summed E-state index contributed by atoms with van der Waals surface area (Å²) in [5.74, 6) is 1.51. The van der Waals surface area contributed by atoms with E-state index in [-0.39, 0.29) is 49.6 Å². The molecular formula is C18H46Cl4N4. The average molecular weight is 460 g/mol. The van der Waals surface area contributed by atoms with Gasteiger partial charge in [0, 0.05) is 0 Å². The van der Waals surface area contributed by atoms with Crippen molar-refractivity contribution in [2.75, 3.05) is 52.4 Å². The summed E-state index contributed by atoms with van der Waals surface area (Å²) in [6.07, 6.45) is 5.01. The van der Waals surface area contributed by atoms with Gasteiger partial charge in [-0.05, 0) is 89.9 Å². The Morgan fingerprint density at radius 3 is 1.00 bits per heavy atom. The molecule has 0 aromatic heterocycles. The highest BCUT2D eigenvalue weighted by molar-refractivity contribution is 5.86. The molecule has 0 aliphatic rings. The monoisotopic (exact) mass is 458 g/mol. The van der Waals surface area contributed by atoms with Crippen molar-refractivity contribution in [3.05, 3.63) is 0 Å². The van der Waals surface area contributed by atoms with Gasteiger partial charge in [-0.1, -0.05) is 27.7 Å². The van der Waals surface area contributed by atoms with E-state index in [4.69, 9.17) is 0 Å². The summed E-state index contributed by atoms with van der Waals surface area (Å²) in [5, 5.41) is 14.0. The molecule has 4 N–H and O–H groups in total. The predicted molar refractivity (Wildman–Crippen MR) is 129 cm³/mol. The van der Waals surface area contributed by atoms with Gasteiger partial charge >= 0.3 is 0 Å². The lowest BCUT2D eigenvalue weighted by Gasteiger charge is -2.09. The summed E-state index contributed by atoms with van der Waals surface area (Å²) in [4.78, 5) is 0. The van der Waals surface area contributed by atoms with Crippen LogP contribution in [0, 0.1) is 11.8 Å². The van der Waals surface area contributed by atoms with Gasteiger partial charge in [-0.15, -0.1) is 49.6 Å². The first kappa shape index (κ1) is 37.7. The molecule has 0 rings (SSSR count). The van der Waals surface area contributed by atoms with Crippen molar-refractivity contribution in [1.82, 2.24) is 21.3 Å². The van der Waals surface area contributed by atoms with Crippen molar-refractivity contribution in [2.24, 2.45) is 11.8 Å². The summed E-state index contributed by atoms with van der Waals surface area (Å²) in [6, 6.07) is 0. The first-order valence-electron chi connectivity index (χ1n) is 9.45. The molecule has 8 heteroatoms. The lowest BCUT2D eigenvalue weighted by Crippen LogP contribution is -2.26. The molecule has 26 heavy (non-hydrogen) atoms. The second-order valence-electron chi connectivity index (χ2n) is 7.11. The third-order valence-electron chi connectivity index (χ3n) is 3.48. The zero-order chi connectivity index (χ0) is 16.5. The van der Waals surface area contributed by atoms with Crippen LogP contribution in [0.4, 0.5) is 0 Å². The van der Waals surface area contributed by atoms with Crippen LogP contribution in [0.25, 0.3) is 0 Å². The Balaban J connectivity index is -0.000000367. The van der Waals surface area contributed by atoms with Crippen molar-refractivity contribution in [3.63, 3.8) is 0 Å². The Labute approximate surface area is 188 Å². The summed E-state index contributed by atoms with van der Waals surface area (Å²) in [7, 11) is 0. The Hall–Kier alpha value is 1.00. The van der Waals surface area contributed by atoms with Crippen LogP contribution >= 0.6 is 49.6 Å². The molecule has 0 saturated carbocycles. The minimum atomic E-state index is 0. The van der Waals surface area contributed by atoms with Gasteiger partial charge in [0.2, 0.25) is 0 Å². The first-order valence-corrected chi connectivity index (χ1v) is 9.45. The quantitative estimate of drug-likeness (QED) is 0.249. The summed E-state index contributed by atoms with van der Waals surface area (Å²) < 4.78 is 0. The minimum absolute atomic E-state index is 0. The van der Waals surface area contributed by atoms with Crippen LogP contribution in [-0.4, -0.2) is 52.4 Å². The van der Waals surface area contributed by atoms with Crippen LogP contribution in [0.2, 0.25) is 0 Å². The van der Waals surface area contributed by atoms with E-state index in [2.05, 4.69) is 49.0 Å². The molecule has 4 nitrogen and oxygen atoms in total. The fourth-order valence-corrected chi connectivity index (χ4v) is 2.21. The van der Waals surface area contributed by atoms with E-state index < -0.39 is 0 Å². The SMILES string of the molecule is CC(C)CNCCCNCCCCNCCCNCC(C)C.Cl.Cl.Cl.Cl. The van der Waals surface area contributed by atoms with E-state index in [1.165, 1.54) is 25.7 Å². The standard InChI is InChI=1S/C18H42N4.4ClH/c1-17(2)15-21-13-7-11-19-9-5-6-10-20-12-8-14-22-16-18(3)4;;;;/h17-22H,5-16H2,1-4H3;4*1H. The highest BCUT2D eigenvalue weighted by Gasteiger charge is 1.94. The molecule has 0 fully saturated rings. The average Bonchev–Trinajstić information content (AvgIpc) is 2.46. The van der Waals surface area contributed by atoms with Crippen LogP contribution in [0.5, 0.6) is 0 Å². The van der Waals surface area contributed by atoms with E-state index in [0.29, 0.717) is 0 Å². The Bertz CT molecular complexity index is 201. The van der Waals surface area contributed by atoms with Crippen LogP contribution in [0.3, 0.4) is 0 Å². The second kappa shape index (κ2) is 30.7. The van der Waals surface area contributed by atoms with Crippen molar-refractivity contribution < 1.29 is 0 Å².